The zero-order chi connectivity index (χ0) is 11.5. The smallest absolute Gasteiger partial charge is 0.119 e. The molecule has 16 heavy (non-hydrogen) atoms. The van der Waals surface area contributed by atoms with Crippen LogP contribution in [0.5, 0.6) is 5.75 Å². The molecular formula is C14H19NO. The molecule has 0 heterocycles. The molecule has 1 aliphatic rings. The largest absolute Gasteiger partial charge is 0.497 e. The molecule has 2 atom stereocenters. The van der Waals surface area contributed by atoms with Crippen molar-refractivity contribution in [1.29, 1.82) is 0 Å². The predicted octanol–water partition coefficient (Wildman–Crippen LogP) is 2.85. The van der Waals surface area contributed by atoms with Crippen molar-refractivity contribution in [2.24, 2.45) is 0 Å². The van der Waals surface area contributed by atoms with Gasteiger partial charge in [-0.15, -0.1) is 6.58 Å². The summed E-state index contributed by atoms with van der Waals surface area (Å²) in [6.07, 6.45) is 4.26. The van der Waals surface area contributed by atoms with Gasteiger partial charge in [0, 0.05) is 12.1 Å². The summed E-state index contributed by atoms with van der Waals surface area (Å²) in [4.78, 5) is 0. The number of benzene rings is 1. The molecule has 0 saturated carbocycles. The summed E-state index contributed by atoms with van der Waals surface area (Å²) in [6.45, 7) is 5.94. The van der Waals surface area contributed by atoms with Crippen LogP contribution in [0.3, 0.4) is 0 Å². The van der Waals surface area contributed by atoms with Gasteiger partial charge in [-0.1, -0.05) is 12.1 Å². The lowest BCUT2D eigenvalue weighted by atomic mass is 10.1. The molecule has 2 rings (SSSR count). The van der Waals surface area contributed by atoms with Gasteiger partial charge < -0.3 is 10.1 Å². The molecule has 0 radical (unpaired) electrons. The van der Waals surface area contributed by atoms with Gasteiger partial charge in [0.05, 0.1) is 7.11 Å². The van der Waals surface area contributed by atoms with Crippen LogP contribution in [-0.2, 0) is 6.42 Å². The van der Waals surface area contributed by atoms with Crippen LogP contribution in [0.4, 0.5) is 0 Å². The van der Waals surface area contributed by atoms with Gasteiger partial charge in [-0.3, -0.25) is 0 Å². The van der Waals surface area contributed by atoms with E-state index in [1.165, 1.54) is 17.5 Å². The summed E-state index contributed by atoms with van der Waals surface area (Å²) in [6, 6.07) is 7.16. The molecule has 0 spiro atoms. The van der Waals surface area contributed by atoms with Crippen molar-refractivity contribution in [3.05, 3.63) is 42.0 Å². The van der Waals surface area contributed by atoms with Crippen LogP contribution in [0, 0.1) is 0 Å². The first-order chi connectivity index (χ1) is 7.74. The number of hydrogen-bond donors (Lipinski definition) is 1. The third-order valence-corrected chi connectivity index (χ3v) is 3.25. The van der Waals surface area contributed by atoms with E-state index in [1.54, 1.807) is 7.11 Å². The predicted molar refractivity (Wildman–Crippen MR) is 66.9 cm³/mol. The summed E-state index contributed by atoms with van der Waals surface area (Å²) >= 11 is 0. The average molecular weight is 217 g/mol. The van der Waals surface area contributed by atoms with Crippen molar-refractivity contribution < 1.29 is 4.74 Å². The maximum atomic E-state index is 5.27. The normalized spacial score (nSPS) is 20.2. The van der Waals surface area contributed by atoms with Crippen LogP contribution in [0.2, 0.25) is 0 Å². The third kappa shape index (κ3) is 2.12. The van der Waals surface area contributed by atoms with E-state index in [-0.39, 0.29) is 0 Å². The van der Waals surface area contributed by atoms with Crippen molar-refractivity contribution >= 4 is 0 Å². The topological polar surface area (TPSA) is 21.3 Å². The first kappa shape index (κ1) is 11.2. The van der Waals surface area contributed by atoms with E-state index in [4.69, 9.17) is 4.74 Å². The molecule has 86 valence electrons. The molecule has 2 heteroatoms. The summed E-state index contributed by atoms with van der Waals surface area (Å²) in [7, 11) is 1.71. The Kier molecular flexibility index (Phi) is 3.30. The SMILES string of the molecule is C=CC(C)NC1CCc2ccc(OC)cc21. The molecule has 1 aromatic carbocycles. The number of nitrogens with one attached hydrogen (secondary N) is 1. The number of fused-ring (bicyclic) bond motifs is 1. The van der Waals surface area contributed by atoms with Crippen molar-refractivity contribution in [2.45, 2.75) is 31.8 Å². The summed E-state index contributed by atoms with van der Waals surface area (Å²) in [5.41, 5.74) is 2.82. The Labute approximate surface area is 97.3 Å². The minimum atomic E-state index is 0.349. The highest BCUT2D eigenvalue weighted by molar-refractivity contribution is 5.40. The van der Waals surface area contributed by atoms with E-state index in [0.717, 1.165) is 12.2 Å². The lowest BCUT2D eigenvalue weighted by molar-refractivity contribution is 0.413. The second kappa shape index (κ2) is 4.71. The van der Waals surface area contributed by atoms with E-state index < -0.39 is 0 Å². The molecule has 1 aliphatic carbocycles. The first-order valence-electron chi connectivity index (χ1n) is 5.80. The van der Waals surface area contributed by atoms with Crippen LogP contribution < -0.4 is 10.1 Å². The van der Waals surface area contributed by atoms with Gasteiger partial charge in [0.25, 0.3) is 0 Å². The van der Waals surface area contributed by atoms with Gasteiger partial charge in [0.2, 0.25) is 0 Å². The Balaban J connectivity index is 2.20. The third-order valence-electron chi connectivity index (χ3n) is 3.25. The lowest BCUT2D eigenvalue weighted by Crippen LogP contribution is -2.27. The Bertz CT molecular complexity index is 386. The van der Waals surface area contributed by atoms with Crippen molar-refractivity contribution in [3.63, 3.8) is 0 Å². The highest BCUT2D eigenvalue weighted by Crippen LogP contribution is 2.33. The number of rotatable bonds is 4. The summed E-state index contributed by atoms with van der Waals surface area (Å²) in [5, 5.41) is 3.56. The van der Waals surface area contributed by atoms with Crippen LogP contribution in [0.1, 0.15) is 30.5 Å². The van der Waals surface area contributed by atoms with Crippen molar-refractivity contribution in [3.8, 4) is 5.75 Å². The van der Waals surface area contributed by atoms with E-state index >= 15 is 0 Å². The fourth-order valence-electron chi connectivity index (χ4n) is 2.27. The van der Waals surface area contributed by atoms with Gasteiger partial charge in [-0.25, -0.2) is 0 Å². The number of aryl methyl sites for hydroxylation is 1. The first-order valence-corrected chi connectivity index (χ1v) is 5.80. The second-order valence-corrected chi connectivity index (χ2v) is 4.35. The highest BCUT2D eigenvalue weighted by atomic mass is 16.5. The van der Waals surface area contributed by atoms with Gasteiger partial charge in [0.1, 0.15) is 5.75 Å². The lowest BCUT2D eigenvalue weighted by Gasteiger charge is -2.18. The molecule has 0 amide bonds. The van der Waals surface area contributed by atoms with Gasteiger partial charge >= 0.3 is 0 Å². The van der Waals surface area contributed by atoms with E-state index in [9.17, 15) is 0 Å². The fraction of sp³-hybridized carbons (Fsp3) is 0.429. The molecule has 0 saturated heterocycles. The van der Waals surface area contributed by atoms with Crippen molar-refractivity contribution in [2.75, 3.05) is 7.11 Å². The molecule has 0 fully saturated rings. The maximum absolute atomic E-state index is 5.27. The Morgan fingerprint density at radius 2 is 2.38 bits per heavy atom. The molecule has 2 nitrogen and oxygen atoms in total. The Morgan fingerprint density at radius 3 is 3.06 bits per heavy atom. The zero-order valence-electron chi connectivity index (χ0n) is 9.99. The quantitative estimate of drug-likeness (QED) is 0.783. The fourth-order valence-corrected chi connectivity index (χ4v) is 2.27. The number of ether oxygens (including phenoxy) is 1. The zero-order valence-corrected chi connectivity index (χ0v) is 9.99. The minimum absolute atomic E-state index is 0.349. The van der Waals surface area contributed by atoms with Crippen molar-refractivity contribution in [1.82, 2.24) is 5.32 Å². The summed E-state index contributed by atoms with van der Waals surface area (Å²) in [5.74, 6) is 0.943. The number of hydrogen-bond acceptors (Lipinski definition) is 2. The molecule has 0 aliphatic heterocycles. The van der Waals surface area contributed by atoms with Crippen LogP contribution in [-0.4, -0.2) is 13.2 Å². The molecule has 0 aromatic heterocycles. The van der Waals surface area contributed by atoms with Gasteiger partial charge in [0.15, 0.2) is 0 Å². The Morgan fingerprint density at radius 1 is 1.56 bits per heavy atom. The maximum Gasteiger partial charge on any atom is 0.119 e. The van der Waals surface area contributed by atoms with Gasteiger partial charge in [-0.2, -0.15) is 0 Å². The van der Waals surface area contributed by atoms with Gasteiger partial charge in [-0.05, 0) is 43.0 Å². The molecule has 1 N–H and O–H groups in total. The van der Waals surface area contributed by atoms with Crippen LogP contribution in [0.15, 0.2) is 30.9 Å². The van der Waals surface area contributed by atoms with E-state index in [2.05, 4.69) is 31.0 Å². The molecule has 2 unspecified atom stereocenters. The standard InChI is InChI=1S/C14H19NO/c1-4-10(2)15-14-8-6-11-5-7-12(16-3)9-13(11)14/h4-5,7,9-10,14-15H,1,6,8H2,2-3H3. The summed E-state index contributed by atoms with van der Waals surface area (Å²) < 4.78 is 5.27. The Hall–Kier alpha value is -1.28. The van der Waals surface area contributed by atoms with Crippen LogP contribution in [0.25, 0.3) is 0 Å². The molecule has 1 aromatic rings. The van der Waals surface area contributed by atoms with E-state index in [0.29, 0.717) is 12.1 Å². The number of methoxy groups -OCH3 is 1. The average Bonchev–Trinajstić information content (AvgIpc) is 2.71. The van der Waals surface area contributed by atoms with Crippen LogP contribution >= 0.6 is 0 Å². The highest BCUT2D eigenvalue weighted by Gasteiger charge is 2.23. The minimum Gasteiger partial charge on any atom is -0.497 e. The van der Waals surface area contributed by atoms with E-state index in [1.807, 2.05) is 12.1 Å². The molecular weight excluding hydrogens is 198 g/mol. The monoisotopic (exact) mass is 217 g/mol. The second-order valence-electron chi connectivity index (χ2n) is 4.35. The molecule has 0 bridgehead atoms.